The first-order valence-corrected chi connectivity index (χ1v) is 10.2. The summed E-state index contributed by atoms with van der Waals surface area (Å²) in [6.45, 7) is 0. The first-order chi connectivity index (χ1) is 14.0. The molecule has 1 amide bonds. The van der Waals surface area contributed by atoms with Crippen LogP contribution in [0, 0.1) is 10.1 Å². The Bertz CT molecular complexity index is 1200. The molecule has 0 atom stereocenters. The minimum absolute atomic E-state index is 0.0713. The summed E-state index contributed by atoms with van der Waals surface area (Å²) in [6, 6.07) is 7.72. The number of thiazole rings is 1. The number of rotatable bonds is 5. The van der Waals surface area contributed by atoms with E-state index in [4.69, 9.17) is 0 Å². The van der Waals surface area contributed by atoms with Crippen LogP contribution in [-0.4, -0.2) is 24.2 Å². The molecule has 8 nitrogen and oxygen atoms in total. The number of carbonyl (C=O) groups excluding carboxylic acids is 1. The maximum atomic E-state index is 12.6. The van der Waals surface area contributed by atoms with Gasteiger partial charge in [0.15, 0.2) is 5.13 Å². The number of nitro benzene ring substituents is 1. The van der Waals surface area contributed by atoms with E-state index in [1.807, 2.05) is 0 Å². The van der Waals surface area contributed by atoms with Gasteiger partial charge in [0.05, 0.1) is 21.6 Å². The van der Waals surface area contributed by atoms with E-state index in [1.54, 1.807) is 0 Å². The normalized spacial score (nSPS) is 11.8. The standard InChI is InChI=1S/C17H10F3N3O5S2/c18-17(19,20)11-3-1-10(2-4-11)15(24)22-16-21-9-14(29-16)30(27,28)13-7-5-12(6-8-13)23(25)26/h1-9H,(H,21,22,24). The first kappa shape index (κ1) is 21.4. The highest BCUT2D eigenvalue weighted by Crippen LogP contribution is 2.31. The zero-order valence-corrected chi connectivity index (χ0v) is 16.2. The summed E-state index contributed by atoms with van der Waals surface area (Å²) >= 11 is 0.631. The number of nitrogens with zero attached hydrogens (tertiary/aromatic N) is 2. The lowest BCUT2D eigenvalue weighted by molar-refractivity contribution is -0.384. The highest BCUT2D eigenvalue weighted by molar-refractivity contribution is 7.93. The second kappa shape index (κ2) is 7.84. The van der Waals surface area contributed by atoms with Gasteiger partial charge in [-0.3, -0.25) is 20.2 Å². The van der Waals surface area contributed by atoms with Gasteiger partial charge in [0.1, 0.15) is 4.21 Å². The molecule has 0 bridgehead atoms. The van der Waals surface area contributed by atoms with Gasteiger partial charge in [0, 0.05) is 17.7 Å². The Balaban J connectivity index is 1.77. The third kappa shape index (κ3) is 4.46. The number of aromatic nitrogens is 1. The number of alkyl halides is 3. The van der Waals surface area contributed by atoms with E-state index >= 15 is 0 Å². The van der Waals surface area contributed by atoms with Crippen LogP contribution in [0.3, 0.4) is 0 Å². The molecule has 0 aliphatic heterocycles. The molecule has 1 N–H and O–H groups in total. The molecule has 0 saturated heterocycles. The number of sulfone groups is 1. The van der Waals surface area contributed by atoms with E-state index in [-0.39, 0.29) is 25.5 Å². The Kier molecular flexibility index (Phi) is 5.59. The average Bonchev–Trinajstić information content (AvgIpc) is 3.17. The van der Waals surface area contributed by atoms with Crippen LogP contribution in [0.2, 0.25) is 0 Å². The van der Waals surface area contributed by atoms with E-state index in [9.17, 15) is 36.5 Å². The molecular formula is C17H10F3N3O5S2. The molecule has 0 fully saturated rings. The van der Waals surface area contributed by atoms with Crippen LogP contribution < -0.4 is 5.32 Å². The Hall–Kier alpha value is -3.32. The summed E-state index contributed by atoms with van der Waals surface area (Å²) in [5, 5.41) is 12.9. The first-order valence-electron chi connectivity index (χ1n) is 7.92. The summed E-state index contributed by atoms with van der Waals surface area (Å²) < 4.78 is 62.7. The lowest BCUT2D eigenvalue weighted by atomic mass is 10.1. The second-order valence-electron chi connectivity index (χ2n) is 5.77. The van der Waals surface area contributed by atoms with Gasteiger partial charge in [0.25, 0.3) is 11.6 Å². The fourth-order valence-corrected chi connectivity index (χ4v) is 4.71. The molecule has 3 aromatic rings. The van der Waals surface area contributed by atoms with Crippen LogP contribution in [0.15, 0.2) is 63.8 Å². The van der Waals surface area contributed by atoms with Crippen LogP contribution in [0.4, 0.5) is 24.0 Å². The molecule has 156 valence electrons. The summed E-state index contributed by atoms with van der Waals surface area (Å²) in [5.74, 6) is -0.766. The lowest BCUT2D eigenvalue weighted by Crippen LogP contribution is -2.12. The Morgan fingerprint density at radius 3 is 2.20 bits per heavy atom. The van der Waals surface area contributed by atoms with Crippen molar-refractivity contribution < 1.29 is 31.3 Å². The van der Waals surface area contributed by atoms with Crippen molar-refractivity contribution in [1.82, 2.24) is 4.98 Å². The number of non-ortho nitro benzene ring substituents is 1. The van der Waals surface area contributed by atoms with Gasteiger partial charge in [0.2, 0.25) is 9.84 Å². The zero-order valence-electron chi connectivity index (χ0n) is 14.6. The Morgan fingerprint density at radius 1 is 1.07 bits per heavy atom. The van der Waals surface area contributed by atoms with Crippen LogP contribution >= 0.6 is 11.3 Å². The third-order valence-corrected chi connectivity index (χ3v) is 6.95. The number of nitrogens with one attached hydrogen (secondary N) is 1. The van der Waals surface area contributed by atoms with Gasteiger partial charge in [-0.05, 0) is 36.4 Å². The molecule has 0 aliphatic carbocycles. The summed E-state index contributed by atoms with van der Waals surface area (Å²) in [4.78, 5) is 25.8. The maximum Gasteiger partial charge on any atom is 0.416 e. The predicted octanol–water partition coefficient (Wildman–Crippen LogP) is 4.16. The third-order valence-electron chi connectivity index (χ3n) is 3.80. The minimum Gasteiger partial charge on any atom is -0.298 e. The van der Waals surface area contributed by atoms with Crippen molar-refractivity contribution >= 4 is 37.9 Å². The molecule has 0 spiro atoms. The fraction of sp³-hybridized carbons (Fsp3) is 0.0588. The summed E-state index contributed by atoms with van der Waals surface area (Å²) in [5.41, 5.74) is -1.26. The van der Waals surface area contributed by atoms with Crippen LogP contribution in [0.25, 0.3) is 0 Å². The number of hydrogen-bond donors (Lipinski definition) is 1. The molecule has 2 aromatic carbocycles. The van der Waals surface area contributed by atoms with Gasteiger partial charge < -0.3 is 0 Å². The van der Waals surface area contributed by atoms with E-state index in [0.717, 1.165) is 54.7 Å². The number of amides is 1. The number of hydrogen-bond acceptors (Lipinski definition) is 7. The topological polar surface area (TPSA) is 119 Å². The van der Waals surface area contributed by atoms with Gasteiger partial charge >= 0.3 is 6.18 Å². The number of halogens is 3. The SMILES string of the molecule is O=C(Nc1ncc(S(=O)(=O)c2ccc([N+](=O)[O-])cc2)s1)c1ccc(C(F)(F)F)cc1. The molecule has 0 aliphatic rings. The van der Waals surface area contributed by atoms with Crippen molar-refractivity contribution in [2.24, 2.45) is 0 Å². The van der Waals surface area contributed by atoms with Gasteiger partial charge in [-0.25, -0.2) is 13.4 Å². The minimum atomic E-state index is -4.54. The van der Waals surface area contributed by atoms with Crippen LogP contribution in [-0.2, 0) is 16.0 Å². The van der Waals surface area contributed by atoms with Gasteiger partial charge in [-0.1, -0.05) is 11.3 Å². The smallest absolute Gasteiger partial charge is 0.298 e. The van der Waals surface area contributed by atoms with Gasteiger partial charge in [-0.2, -0.15) is 13.2 Å². The largest absolute Gasteiger partial charge is 0.416 e. The van der Waals surface area contributed by atoms with E-state index in [0.29, 0.717) is 11.3 Å². The Morgan fingerprint density at radius 2 is 1.67 bits per heavy atom. The lowest BCUT2D eigenvalue weighted by Gasteiger charge is -2.07. The highest BCUT2D eigenvalue weighted by atomic mass is 32.2. The highest BCUT2D eigenvalue weighted by Gasteiger charge is 2.30. The molecule has 3 rings (SSSR count). The van der Waals surface area contributed by atoms with Crippen molar-refractivity contribution in [2.45, 2.75) is 15.3 Å². The quantitative estimate of drug-likeness (QED) is 0.454. The van der Waals surface area contributed by atoms with Crippen molar-refractivity contribution in [1.29, 1.82) is 0 Å². The molecule has 13 heteroatoms. The zero-order chi connectivity index (χ0) is 22.1. The molecule has 0 saturated carbocycles. The number of nitro groups is 1. The molecule has 0 radical (unpaired) electrons. The van der Waals surface area contributed by atoms with Crippen LogP contribution in [0.1, 0.15) is 15.9 Å². The maximum absolute atomic E-state index is 12.6. The van der Waals surface area contributed by atoms with E-state index in [2.05, 4.69) is 10.3 Å². The van der Waals surface area contributed by atoms with Crippen molar-refractivity contribution in [3.63, 3.8) is 0 Å². The monoisotopic (exact) mass is 457 g/mol. The van der Waals surface area contributed by atoms with Crippen molar-refractivity contribution in [2.75, 3.05) is 5.32 Å². The predicted molar refractivity (Wildman–Crippen MR) is 100 cm³/mol. The molecular weight excluding hydrogens is 447 g/mol. The van der Waals surface area contributed by atoms with Gasteiger partial charge in [-0.15, -0.1) is 0 Å². The second-order valence-corrected chi connectivity index (χ2v) is 8.98. The number of benzene rings is 2. The van der Waals surface area contributed by atoms with E-state index < -0.39 is 32.4 Å². The Labute approximate surface area is 171 Å². The molecule has 30 heavy (non-hydrogen) atoms. The molecule has 1 heterocycles. The average molecular weight is 457 g/mol. The van der Waals surface area contributed by atoms with Crippen molar-refractivity contribution in [3.8, 4) is 0 Å². The summed E-state index contributed by atoms with van der Waals surface area (Å²) in [6.07, 6.45) is -3.53. The van der Waals surface area contributed by atoms with Crippen LogP contribution in [0.5, 0.6) is 0 Å². The molecule has 0 unspecified atom stereocenters. The number of carbonyl (C=O) groups is 1. The fourth-order valence-electron chi connectivity index (χ4n) is 2.28. The summed E-state index contributed by atoms with van der Waals surface area (Å²) in [7, 11) is -4.03. The number of anilines is 1. The van der Waals surface area contributed by atoms with E-state index in [1.165, 1.54) is 0 Å². The van der Waals surface area contributed by atoms with Crippen molar-refractivity contribution in [3.05, 3.63) is 76.0 Å². The molecule has 1 aromatic heterocycles.